The van der Waals surface area contributed by atoms with Crippen molar-refractivity contribution in [1.29, 1.82) is 0 Å². The monoisotopic (exact) mass is 339 g/mol. The molecule has 2 aromatic rings. The lowest BCUT2D eigenvalue weighted by Gasteiger charge is -2.09. The summed E-state index contributed by atoms with van der Waals surface area (Å²) in [5.74, 6) is 2.11. The van der Waals surface area contributed by atoms with Crippen LogP contribution in [0.15, 0.2) is 10.5 Å². The Morgan fingerprint density at radius 3 is 2.65 bits per heavy atom. The molecule has 0 spiro atoms. The highest BCUT2D eigenvalue weighted by Gasteiger charge is 2.13. The smallest absolute Gasteiger partial charge is 0.159 e. The molecule has 2 rings (SSSR count). The van der Waals surface area contributed by atoms with Gasteiger partial charge in [0.15, 0.2) is 11.6 Å². The molecular weight excluding hydrogens is 322 g/mol. The fourth-order valence-electron chi connectivity index (χ4n) is 1.82. The number of aryl methyl sites for hydroxylation is 1. The summed E-state index contributed by atoms with van der Waals surface area (Å²) in [5.41, 5.74) is 1.93. The molecule has 0 atom stereocenters. The van der Waals surface area contributed by atoms with Gasteiger partial charge >= 0.3 is 0 Å². The van der Waals surface area contributed by atoms with Gasteiger partial charge in [0.25, 0.3) is 0 Å². The fraction of sp³-hybridized carbons (Fsp3) is 0.462. The third-order valence-electron chi connectivity index (χ3n) is 2.87. The summed E-state index contributed by atoms with van der Waals surface area (Å²) in [6.07, 6.45) is 0. The largest absolute Gasteiger partial charge is 0.374 e. The molecule has 6 nitrogen and oxygen atoms in total. The quantitative estimate of drug-likeness (QED) is 0.906. The molecule has 0 bridgehead atoms. The zero-order valence-corrected chi connectivity index (χ0v) is 13.7. The summed E-state index contributed by atoms with van der Waals surface area (Å²) in [4.78, 5) is 8.88. The van der Waals surface area contributed by atoms with E-state index >= 15 is 0 Å². The van der Waals surface area contributed by atoms with Crippen LogP contribution in [0.3, 0.4) is 0 Å². The van der Waals surface area contributed by atoms with E-state index in [9.17, 15) is 0 Å². The number of nitrogens with one attached hydrogen (secondary N) is 1. The minimum Gasteiger partial charge on any atom is -0.374 e. The van der Waals surface area contributed by atoms with Crippen molar-refractivity contribution in [2.45, 2.75) is 27.4 Å². The predicted molar refractivity (Wildman–Crippen MR) is 81.2 cm³/mol. The Hall–Kier alpha value is -1.47. The molecule has 0 saturated carbocycles. The van der Waals surface area contributed by atoms with E-state index in [0.717, 1.165) is 27.5 Å². The molecule has 108 valence electrons. The number of hydrogen-bond donors (Lipinski definition) is 1. The highest BCUT2D eigenvalue weighted by Crippen LogP contribution is 2.23. The maximum atomic E-state index is 5.38. The molecule has 2 aromatic heterocycles. The summed E-state index contributed by atoms with van der Waals surface area (Å²) >= 11 is 3.53. The lowest BCUT2D eigenvalue weighted by molar-refractivity contribution is 0.128. The van der Waals surface area contributed by atoms with Crippen LogP contribution in [0, 0.1) is 13.8 Å². The molecule has 0 aliphatic carbocycles. The minimum atomic E-state index is 0.388. The number of halogens is 1. The fourth-order valence-corrected chi connectivity index (χ4v) is 2.07. The van der Waals surface area contributed by atoms with Crippen molar-refractivity contribution in [1.82, 2.24) is 19.7 Å². The van der Waals surface area contributed by atoms with E-state index in [1.807, 2.05) is 33.9 Å². The van der Waals surface area contributed by atoms with Gasteiger partial charge < -0.3 is 10.1 Å². The maximum absolute atomic E-state index is 5.38. The van der Waals surface area contributed by atoms with Gasteiger partial charge in [-0.05, 0) is 36.7 Å². The van der Waals surface area contributed by atoms with Crippen LogP contribution < -0.4 is 5.32 Å². The van der Waals surface area contributed by atoms with Gasteiger partial charge in [0.05, 0.1) is 15.9 Å². The minimum absolute atomic E-state index is 0.388. The first kappa shape index (κ1) is 14.9. The first-order chi connectivity index (χ1) is 9.56. The lowest BCUT2D eigenvalue weighted by Crippen LogP contribution is -2.09. The number of aromatic nitrogens is 4. The summed E-state index contributed by atoms with van der Waals surface area (Å²) in [5, 5.41) is 7.52. The second kappa shape index (κ2) is 6.32. The van der Waals surface area contributed by atoms with Crippen LogP contribution in [-0.2, 0) is 11.3 Å². The van der Waals surface area contributed by atoms with Crippen LogP contribution in [0.2, 0.25) is 0 Å². The third kappa shape index (κ3) is 2.99. The van der Waals surface area contributed by atoms with E-state index in [2.05, 4.69) is 36.3 Å². The molecule has 0 aliphatic rings. The predicted octanol–water partition coefficient (Wildman–Crippen LogP) is 2.62. The van der Waals surface area contributed by atoms with Crippen LogP contribution in [0.4, 0.5) is 5.82 Å². The highest BCUT2D eigenvalue weighted by molar-refractivity contribution is 9.10. The summed E-state index contributed by atoms with van der Waals surface area (Å²) in [7, 11) is 1.83. The number of ether oxygens (including phenoxy) is 1. The topological polar surface area (TPSA) is 64.9 Å². The van der Waals surface area contributed by atoms with Gasteiger partial charge in [-0.2, -0.15) is 5.10 Å². The summed E-state index contributed by atoms with van der Waals surface area (Å²) < 4.78 is 8.17. The number of rotatable bonds is 5. The molecule has 20 heavy (non-hydrogen) atoms. The van der Waals surface area contributed by atoms with Crippen LogP contribution in [-0.4, -0.2) is 33.4 Å². The van der Waals surface area contributed by atoms with Gasteiger partial charge in [0, 0.05) is 19.7 Å². The Bertz CT molecular complexity index is 611. The second-order valence-corrected chi connectivity index (χ2v) is 5.10. The molecule has 0 aliphatic heterocycles. The van der Waals surface area contributed by atoms with Crippen molar-refractivity contribution in [3.05, 3.63) is 27.8 Å². The number of nitrogens with zero attached hydrogens (tertiary/aromatic N) is 4. The highest BCUT2D eigenvalue weighted by atomic mass is 79.9. The van der Waals surface area contributed by atoms with Crippen LogP contribution in [0.1, 0.15) is 24.1 Å². The normalized spacial score (nSPS) is 10.8. The standard InChI is InChI=1S/C13H18BrN5O/c1-5-20-7-11-16-10(15-4)6-12(17-11)19-9(3)13(14)8(2)18-19/h6H,5,7H2,1-4H3,(H,15,16,17). The average molecular weight is 340 g/mol. The number of anilines is 1. The molecule has 1 N–H and O–H groups in total. The number of hydrogen-bond acceptors (Lipinski definition) is 5. The van der Waals surface area contributed by atoms with Crippen LogP contribution in [0.25, 0.3) is 5.82 Å². The molecule has 0 radical (unpaired) electrons. The first-order valence-corrected chi connectivity index (χ1v) is 7.21. The zero-order chi connectivity index (χ0) is 14.7. The lowest BCUT2D eigenvalue weighted by atomic mass is 10.4. The van der Waals surface area contributed by atoms with Crippen molar-refractivity contribution in [3.8, 4) is 5.82 Å². The Kier molecular flexibility index (Phi) is 4.72. The van der Waals surface area contributed by atoms with Crippen LogP contribution >= 0.6 is 15.9 Å². The Balaban J connectivity index is 2.46. The van der Waals surface area contributed by atoms with E-state index in [4.69, 9.17) is 4.74 Å². The van der Waals surface area contributed by atoms with E-state index in [1.165, 1.54) is 0 Å². The van der Waals surface area contributed by atoms with Crippen molar-refractivity contribution >= 4 is 21.7 Å². The molecule has 0 aromatic carbocycles. The third-order valence-corrected chi connectivity index (χ3v) is 4.02. The summed E-state index contributed by atoms with van der Waals surface area (Å²) in [6, 6.07) is 1.86. The van der Waals surface area contributed by atoms with Gasteiger partial charge in [-0.15, -0.1) is 0 Å². The van der Waals surface area contributed by atoms with E-state index in [1.54, 1.807) is 4.68 Å². The van der Waals surface area contributed by atoms with E-state index < -0.39 is 0 Å². The van der Waals surface area contributed by atoms with Gasteiger partial charge in [0.2, 0.25) is 0 Å². The first-order valence-electron chi connectivity index (χ1n) is 6.42. The molecule has 0 amide bonds. The van der Waals surface area contributed by atoms with E-state index in [-0.39, 0.29) is 0 Å². The molecule has 0 unspecified atom stereocenters. The van der Waals surface area contributed by atoms with E-state index in [0.29, 0.717) is 19.0 Å². The van der Waals surface area contributed by atoms with Gasteiger partial charge in [-0.3, -0.25) is 0 Å². The zero-order valence-electron chi connectivity index (χ0n) is 12.1. The molecular formula is C13H18BrN5O. The molecule has 0 saturated heterocycles. The van der Waals surface area contributed by atoms with Crippen molar-refractivity contribution in [2.24, 2.45) is 0 Å². The summed E-state index contributed by atoms with van der Waals surface area (Å²) in [6.45, 7) is 6.91. The second-order valence-electron chi connectivity index (χ2n) is 4.31. The van der Waals surface area contributed by atoms with Crippen molar-refractivity contribution in [2.75, 3.05) is 19.0 Å². The van der Waals surface area contributed by atoms with Crippen LogP contribution in [0.5, 0.6) is 0 Å². The van der Waals surface area contributed by atoms with Crippen molar-refractivity contribution in [3.63, 3.8) is 0 Å². The van der Waals surface area contributed by atoms with Gasteiger partial charge in [-0.25, -0.2) is 14.6 Å². The average Bonchev–Trinajstić information content (AvgIpc) is 2.72. The van der Waals surface area contributed by atoms with Gasteiger partial charge in [-0.1, -0.05) is 0 Å². The SMILES string of the molecule is CCOCc1nc(NC)cc(-n2nc(C)c(Br)c2C)n1. The Morgan fingerprint density at radius 1 is 1.35 bits per heavy atom. The van der Waals surface area contributed by atoms with Gasteiger partial charge in [0.1, 0.15) is 12.4 Å². The molecule has 2 heterocycles. The van der Waals surface area contributed by atoms with Crippen molar-refractivity contribution < 1.29 is 4.74 Å². The molecule has 0 fully saturated rings. The Morgan fingerprint density at radius 2 is 2.10 bits per heavy atom. The Labute approximate surface area is 126 Å². The maximum Gasteiger partial charge on any atom is 0.159 e. The molecule has 7 heteroatoms.